The summed E-state index contributed by atoms with van der Waals surface area (Å²) < 4.78 is 0.972. The van der Waals surface area contributed by atoms with E-state index < -0.39 is 0 Å². The molecule has 3 heteroatoms. The Morgan fingerprint density at radius 1 is 1.09 bits per heavy atom. The van der Waals surface area contributed by atoms with Crippen LogP contribution in [0.1, 0.15) is 55.2 Å². The lowest BCUT2D eigenvalue weighted by Gasteiger charge is -2.21. The number of carbonyl (C=O) groups is 1. The first-order valence-corrected chi connectivity index (χ1v) is 8.24. The van der Waals surface area contributed by atoms with E-state index in [-0.39, 0.29) is 17.4 Å². The van der Waals surface area contributed by atoms with Crippen LogP contribution < -0.4 is 5.32 Å². The lowest BCUT2D eigenvalue weighted by Crippen LogP contribution is -2.26. The molecule has 2 nitrogen and oxygen atoms in total. The molecule has 0 fully saturated rings. The number of amides is 1. The molecule has 0 aliphatic rings. The zero-order chi connectivity index (χ0) is 16.3. The van der Waals surface area contributed by atoms with Crippen molar-refractivity contribution in [1.82, 2.24) is 5.32 Å². The molecule has 0 spiro atoms. The molecular weight excluding hydrogens is 338 g/mol. The SMILES string of the molecule is CC(NC(=O)c1ccc(C(C)(C)C)c(Br)c1)c1ccccc1. The lowest BCUT2D eigenvalue weighted by atomic mass is 9.86. The molecule has 0 radical (unpaired) electrons. The van der Waals surface area contributed by atoms with E-state index in [1.165, 1.54) is 5.56 Å². The Kier molecular flexibility index (Phi) is 5.07. The highest BCUT2D eigenvalue weighted by molar-refractivity contribution is 9.10. The fourth-order valence-corrected chi connectivity index (χ4v) is 3.34. The highest BCUT2D eigenvalue weighted by Crippen LogP contribution is 2.30. The fraction of sp³-hybridized carbons (Fsp3) is 0.316. The van der Waals surface area contributed by atoms with Crippen molar-refractivity contribution < 1.29 is 4.79 Å². The van der Waals surface area contributed by atoms with Gasteiger partial charge < -0.3 is 5.32 Å². The van der Waals surface area contributed by atoms with Crippen molar-refractivity contribution in [2.24, 2.45) is 0 Å². The van der Waals surface area contributed by atoms with Crippen LogP contribution in [0.15, 0.2) is 53.0 Å². The zero-order valence-electron chi connectivity index (χ0n) is 13.5. The van der Waals surface area contributed by atoms with Gasteiger partial charge in [-0.2, -0.15) is 0 Å². The predicted molar refractivity (Wildman–Crippen MR) is 95.2 cm³/mol. The second-order valence-corrected chi connectivity index (χ2v) is 7.40. The predicted octanol–water partition coefficient (Wildman–Crippen LogP) is 5.24. The normalized spacial score (nSPS) is 12.8. The Hall–Kier alpha value is -1.61. The van der Waals surface area contributed by atoms with Gasteiger partial charge in [-0.25, -0.2) is 0 Å². The second-order valence-electron chi connectivity index (χ2n) is 6.55. The van der Waals surface area contributed by atoms with E-state index in [2.05, 4.69) is 42.0 Å². The van der Waals surface area contributed by atoms with E-state index in [9.17, 15) is 4.79 Å². The van der Waals surface area contributed by atoms with E-state index >= 15 is 0 Å². The van der Waals surface area contributed by atoms with E-state index in [1.54, 1.807) is 0 Å². The summed E-state index contributed by atoms with van der Waals surface area (Å²) in [5, 5.41) is 3.04. The molecule has 2 aromatic carbocycles. The minimum Gasteiger partial charge on any atom is -0.346 e. The quantitative estimate of drug-likeness (QED) is 0.797. The fourth-order valence-electron chi connectivity index (χ4n) is 2.37. The summed E-state index contributed by atoms with van der Waals surface area (Å²) in [5.41, 5.74) is 3.01. The number of nitrogens with one attached hydrogen (secondary N) is 1. The van der Waals surface area contributed by atoms with Gasteiger partial charge in [0.1, 0.15) is 0 Å². The Morgan fingerprint density at radius 3 is 2.27 bits per heavy atom. The molecule has 0 bridgehead atoms. The van der Waals surface area contributed by atoms with Crippen LogP contribution in [0.2, 0.25) is 0 Å². The maximum Gasteiger partial charge on any atom is 0.251 e. The number of hydrogen-bond acceptors (Lipinski definition) is 1. The molecule has 1 amide bonds. The van der Waals surface area contributed by atoms with Crippen LogP contribution in [-0.2, 0) is 5.41 Å². The smallest absolute Gasteiger partial charge is 0.251 e. The molecule has 0 saturated carbocycles. The Labute approximate surface area is 141 Å². The van der Waals surface area contributed by atoms with Crippen LogP contribution in [0.4, 0.5) is 0 Å². The average molecular weight is 360 g/mol. The van der Waals surface area contributed by atoms with Gasteiger partial charge in [-0.05, 0) is 35.6 Å². The van der Waals surface area contributed by atoms with Crippen molar-refractivity contribution in [2.75, 3.05) is 0 Å². The third-order valence-corrected chi connectivity index (χ3v) is 4.34. The maximum atomic E-state index is 12.4. The van der Waals surface area contributed by atoms with E-state index in [1.807, 2.05) is 55.5 Å². The van der Waals surface area contributed by atoms with Gasteiger partial charge in [0, 0.05) is 10.0 Å². The van der Waals surface area contributed by atoms with Crippen molar-refractivity contribution in [3.05, 3.63) is 69.7 Å². The van der Waals surface area contributed by atoms with Gasteiger partial charge in [-0.15, -0.1) is 0 Å². The topological polar surface area (TPSA) is 29.1 Å². The minimum atomic E-state index is -0.0579. The molecule has 2 aromatic rings. The van der Waals surface area contributed by atoms with Crippen molar-refractivity contribution in [3.63, 3.8) is 0 Å². The van der Waals surface area contributed by atoms with E-state index in [0.29, 0.717) is 5.56 Å². The highest BCUT2D eigenvalue weighted by Gasteiger charge is 2.19. The third-order valence-electron chi connectivity index (χ3n) is 3.69. The molecule has 0 aliphatic heterocycles. The van der Waals surface area contributed by atoms with Crippen LogP contribution in [0.3, 0.4) is 0 Å². The number of hydrogen-bond donors (Lipinski definition) is 1. The molecule has 22 heavy (non-hydrogen) atoms. The van der Waals surface area contributed by atoms with Crippen molar-refractivity contribution in [3.8, 4) is 0 Å². The number of rotatable bonds is 3. The molecular formula is C19H22BrNO. The molecule has 2 rings (SSSR count). The van der Waals surface area contributed by atoms with Crippen LogP contribution in [0.5, 0.6) is 0 Å². The van der Waals surface area contributed by atoms with Crippen molar-refractivity contribution >= 4 is 21.8 Å². The molecule has 0 heterocycles. The Bertz CT molecular complexity index is 659. The summed E-state index contributed by atoms with van der Waals surface area (Å²) in [4.78, 5) is 12.4. The van der Waals surface area contributed by atoms with Crippen LogP contribution in [0.25, 0.3) is 0 Å². The van der Waals surface area contributed by atoms with Gasteiger partial charge in [0.2, 0.25) is 0 Å². The summed E-state index contributed by atoms with van der Waals surface area (Å²) >= 11 is 3.58. The van der Waals surface area contributed by atoms with Crippen LogP contribution in [0, 0.1) is 0 Å². The largest absolute Gasteiger partial charge is 0.346 e. The van der Waals surface area contributed by atoms with Gasteiger partial charge in [0.05, 0.1) is 6.04 Å². The molecule has 1 unspecified atom stereocenters. The maximum absolute atomic E-state index is 12.4. The summed E-state index contributed by atoms with van der Waals surface area (Å²) in [5.74, 6) is -0.0579. The first-order valence-electron chi connectivity index (χ1n) is 7.45. The molecule has 0 aromatic heterocycles. The summed E-state index contributed by atoms with van der Waals surface area (Å²) in [7, 11) is 0. The second kappa shape index (κ2) is 6.66. The van der Waals surface area contributed by atoms with Gasteiger partial charge in [0.25, 0.3) is 5.91 Å². The van der Waals surface area contributed by atoms with Crippen molar-refractivity contribution in [2.45, 2.75) is 39.2 Å². The van der Waals surface area contributed by atoms with Gasteiger partial charge in [-0.3, -0.25) is 4.79 Å². The van der Waals surface area contributed by atoms with Crippen LogP contribution in [-0.4, -0.2) is 5.91 Å². The van der Waals surface area contributed by atoms with Gasteiger partial charge >= 0.3 is 0 Å². The van der Waals surface area contributed by atoms with E-state index in [0.717, 1.165) is 10.0 Å². The van der Waals surface area contributed by atoms with Gasteiger partial charge in [-0.1, -0.05) is 73.1 Å². The number of carbonyl (C=O) groups excluding carboxylic acids is 1. The van der Waals surface area contributed by atoms with Crippen LogP contribution >= 0.6 is 15.9 Å². The van der Waals surface area contributed by atoms with Crippen molar-refractivity contribution in [1.29, 1.82) is 0 Å². The lowest BCUT2D eigenvalue weighted by molar-refractivity contribution is 0.0939. The summed E-state index contributed by atoms with van der Waals surface area (Å²) in [6.45, 7) is 8.46. The molecule has 0 aliphatic carbocycles. The molecule has 1 atom stereocenters. The molecule has 1 N–H and O–H groups in total. The van der Waals surface area contributed by atoms with E-state index in [4.69, 9.17) is 0 Å². The minimum absolute atomic E-state index is 0.0187. The molecule has 0 saturated heterocycles. The summed E-state index contributed by atoms with van der Waals surface area (Å²) in [6, 6.07) is 15.8. The zero-order valence-corrected chi connectivity index (χ0v) is 15.1. The molecule has 116 valence electrons. The first kappa shape index (κ1) is 16.8. The monoisotopic (exact) mass is 359 g/mol. The standard InChI is InChI=1S/C19H22BrNO/c1-13(14-8-6-5-7-9-14)21-18(22)15-10-11-16(17(20)12-15)19(2,3)4/h5-13H,1-4H3,(H,21,22). The Morgan fingerprint density at radius 2 is 1.73 bits per heavy atom. The third kappa shape index (κ3) is 3.98. The van der Waals surface area contributed by atoms with Gasteiger partial charge in [0.15, 0.2) is 0 Å². The number of halogens is 1. The number of benzene rings is 2. The summed E-state index contributed by atoms with van der Waals surface area (Å²) in [6.07, 6.45) is 0. The first-order chi connectivity index (χ1) is 10.3. The average Bonchev–Trinajstić information content (AvgIpc) is 2.46. The Balaban J connectivity index is 2.15. The highest BCUT2D eigenvalue weighted by atomic mass is 79.9.